The smallest absolute Gasteiger partial charge is 0.337 e. The van der Waals surface area contributed by atoms with E-state index in [9.17, 15) is 14.4 Å². The third-order valence-corrected chi connectivity index (χ3v) is 6.52. The van der Waals surface area contributed by atoms with Gasteiger partial charge in [0.25, 0.3) is 0 Å². The van der Waals surface area contributed by atoms with Crippen molar-refractivity contribution >= 4 is 33.7 Å². The van der Waals surface area contributed by atoms with Crippen LogP contribution in [0.1, 0.15) is 52.0 Å². The minimum absolute atomic E-state index is 0.212. The molecule has 0 fully saturated rings. The maximum absolute atomic E-state index is 13.6. The summed E-state index contributed by atoms with van der Waals surface area (Å²) < 4.78 is 11.4. The van der Waals surface area contributed by atoms with E-state index < -0.39 is 23.8 Å². The van der Waals surface area contributed by atoms with E-state index in [0.717, 1.165) is 15.7 Å². The number of dihydropyridines is 1. The predicted octanol–water partition coefficient (Wildman–Crippen LogP) is 4.40. The SMILES string of the molecule is CC[C@H](C)OC(=O)C1=C(C)NC2=C(C(=O)[C@@H](C(=O)OC)[C@@H](C)C2)[C@@H]1c1cccc(Br)c1. The van der Waals surface area contributed by atoms with Crippen LogP contribution in [0, 0.1) is 11.8 Å². The Kier molecular flexibility index (Phi) is 7.04. The fourth-order valence-electron chi connectivity index (χ4n) is 4.30. The van der Waals surface area contributed by atoms with E-state index in [-0.39, 0.29) is 17.8 Å². The average Bonchev–Trinajstić information content (AvgIpc) is 2.72. The van der Waals surface area contributed by atoms with E-state index in [2.05, 4.69) is 21.2 Å². The molecule has 0 spiro atoms. The van der Waals surface area contributed by atoms with Crippen LogP contribution in [0.25, 0.3) is 0 Å². The van der Waals surface area contributed by atoms with Gasteiger partial charge < -0.3 is 14.8 Å². The predicted molar refractivity (Wildman–Crippen MR) is 120 cm³/mol. The van der Waals surface area contributed by atoms with Crippen molar-refractivity contribution in [2.45, 2.75) is 52.6 Å². The van der Waals surface area contributed by atoms with Crippen molar-refractivity contribution in [3.8, 4) is 0 Å². The molecule has 7 heteroatoms. The molecule has 0 bridgehead atoms. The highest BCUT2D eigenvalue weighted by molar-refractivity contribution is 9.10. The second-order valence-electron chi connectivity index (χ2n) is 8.21. The van der Waals surface area contributed by atoms with Crippen molar-refractivity contribution < 1.29 is 23.9 Å². The minimum atomic E-state index is -0.898. The van der Waals surface area contributed by atoms with Crippen molar-refractivity contribution in [1.29, 1.82) is 0 Å². The van der Waals surface area contributed by atoms with Gasteiger partial charge in [-0.3, -0.25) is 9.59 Å². The molecule has 0 saturated carbocycles. The normalized spacial score (nSPS) is 24.3. The summed E-state index contributed by atoms with van der Waals surface area (Å²) in [4.78, 5) is 39.2. The van der Waals surface area contributed by atoms with Crippen LogP contribution in [0.15, 0.2) is 51.3 Å². The number of carbonyl (C=O) groups excluding carboxylic acids is 3. The van der Waals surface area contributed by atoms with Crippen LogP contribution < -0.4 is 5.32 Å². The average molecular weight is 490 g/mol. The van der Waals surface area contributed by atoms with Crippen LogP contribution in [0.3, 0.4) is 0 Å². The molecule has 0 radical (unpaired) electrons. The van der Waals surface area contributed by atoms with E-state index in [1.807, 2.05) is 52.0 Å². The molecule has 4 atom stereocenters. The maximum Gasteiger partial charge on any atom is 0.337 e. The number of ether oxygens (including phenoxy) is 2. The van der Waals surface area contributed by atoms with Crippen molar-refractivity contribution in [2.75, 3.05) is 7.11 Å². The molecule has 0 amide bonds. The van der Waals surface area contributed by atoms with E-state index in [1.54, 1.807) is 0 Å². The summed E-state index contributed by atoms with van der Waals surface area (Å²) in [5.74, 6) is -3.05. The van der Waals surface area contributed by atoms with E-state index in [4.69, 9.17) is 9.47 Å². The van der Waals surface area contributed by atoms with Crippen LogP contribution in [-0.4, -0.2) is 30.9 Å². The highest BCUT2D eigenvalue weighted by atomic mass is 79.9. The van der Waals surface area contributed by atoms with Crippen LogP contribution in [-0.2, 0) is 23.9 Å². The topological polar surface area (TPSA) is 81.7 Å². The van der Waals surface area contributed by atoms with E-state index in [1.165, 1.54) is 7.11 Å². The molecule has 1 N–H and O–H groups in total. The van der Waals surface area contributed by atoms with E-state index in [0.29, 0.717) is 29.7 Å². The zero-order valence-corrected chi connectivity index (χ0v) is 20.0. The molecule has 3 rings (SSSR count). The lowest BCUT2D eigenvalue weighted by Crippen LogP contribution is -2.43. The number of hydrogen-bond donors (Lipinski definition) is 1. The fourth-order valence-corrected chi connectivity index (χ4v) is 4.72. The molecule has 1 aromatic carbocycles. The van der Waals surface area contributed by atoms with Crippen molar-refractivity contribution in [3.05, 3.63) is 56.8 Å². The van der Waals surface area contributed by atoms with Gasteiger partial charge in [0, 0.05) is 27.4 Å². The van der Waals surface area contributed by atoms with Gasteiger partial charge in [-0.15, -0.1) is 0 Å². The Morgan fingerprint density at radius 2 is 2.03 bits per heavy atom. The molecule has 1 heterocycles. The lowest BCUT2D eigenvalue weighted by Gasteiger charge is -2.38. The molecule has 6 nitrogen and oxygen atoms in total. The van der Waals surface area contributed by atoms with Gasteiger partial charge in [0.15, 0.2) is 5.78 Å². The zero-order valence-electron chi connectivity index (χ0n) is 18.5. The summed E-state index contributed by atoms with van der Waals surface area (Å²) in [6.07, 6.45) is 0.939. The number of hydrogen-bond acceptors (Lipinski definition) is 6. The Balaban J connectivity index is 2.17. The second kappa shape index (κ2) is 9.39. The number of allylic oxidation sites excluding steroid dienone is 3. The molecule has 1 aromatic rings. The third kappa shape index (κ3) is 4.47. The highest BCUT2D eigenvalue weighted by Crippen LogP contribution is 2.45. The van der Waals surface area contributed by atoms with Gasteiger partial charge in [-0.05, 0) is 50.3 Å². The van der Waals surface area contributed by atoms with Crippen molar-refractivity contribution in [1.82, 2.24) is 5.32 Å². The summed E-state index contributed by atoms with van der Waals surface area (Å²) >= 11 is 3.49. The molecule has 31 heavy (non-hydrogen) atoms. The van der Waals surface area contributed by atoms with Gasteiger partial charge >= 0.3 is 11.9 Å². The minimum Gasteiger partial charge on any atom is -0.468 e. The number of Topliss-reactive ketones (excluding diaryl/α,β-unsaturated/α-hetero) is 1. The fraction of sp³-hybridized carbons (Fsp3) is 0.458. The standard InChI is InChI=1S/C24H28BrNO5/c1-6-13(3)31-24(29)19-14(4)26-17-10-12(2)18(23(28)30-5)22(27)21(17)20(19)15-8-7-9-16(25)11-15/h7-9,11-13,18,20,26H,6,10H2,1-5H3/t12-,13-,18-,20+/m0/s1. The maximum atomic E-state index is 13.6. The summed E-state index contributed by atoms with van der Waals surface area (Å²) in [5.41, 5.74) is 3.02. The highest BCUT2D eigenvalue weighted by Gasteiger charge is 2.47. The Hall–Kier alpha value is -2.41. The number of methoxy groups -OCH3 is 1. The first-order valence-electron chi connectivity index (χ1n) is 10.5. The van der Waals surface area contributed by atoms with E-state index >= 15 is 0 Å². The first kappa shape index (κ1) is 23.3. The summed E-state index contributed by atoms with van der Waals surface area (Å²) in [6.45, 7) is 7.47. The molecule has 2 aliphatic rings. The van der Waals surface area contributed by atoms with Gasteiger partial charge in [0.05, 0.1) is 18.8 Å². The largest absolute Gasteiger partial charge is 0.468 e. The quantitative estimate of drug-likeness (QED) is 0.487. The van der Waals surface area contributed by atoms with Gasteiger partial charge in [0.2, 0.25) is 0 Å². The number of carbonyl (C=O) groups is 3. The Morgan fingerprint density at radius 1 is 1.32 bits per heavy atom. The van der Waals surface area contributed by atoms with Gasteiger partial charge in [0.1, 0.15) is 5.92 Å². The summed E-state index contributed by atoms with van der Waals surface area (Å²) in [5, 5.41) is 3.27. The monoisotopic (exact) mass is 489 g/mol. The zero-order chi connectivity index (χ0) is 22.9. The number of benzene rings is 1. The molecule has 0 aromatic heterocycles. The lowest BCUT2D eigenvalue weighted by molar-refractivity contribution is -0.151. The van der Waals surface area contributed by atoms with Crippen molar-refractivity contribution in [2.24, 2.45) is 11.8 Å². The molecular weight excluding hydrogens is 462 g/mol. The van der Waals surface area contributed by atoms with Gasteiger partial charge in [-0.1, -0.05) is 41.9 Å². The third-order valence-electron chi connectivity index (χ3n) is 6.03. The van der Waals surface area contributed by atoms with Crippen LogP contribution >= 0.6 is 15.9 Å². The van der Waals surface area contributed by atoms with Crippen LogP contribution in [0.2, 0.25) is 0 Å². The number of halogens is 1. The molecule has 1 aliphatic heterocycles. The molecule has 166 valence electrons. The summed E-state index contributed by atoms with van der Waals surface area (Å²) in [6, 6.07) is 7.52. The number of esters is 2. The molecule has 1 aliphatic carbocycles. The Labute approximate surface area is 191 Å². The van der Waals surface area contributed by atoms with Crippen LogP contribution in [0.5, 0.6) is 0 Å². The molecule has 0 unspecified atom stereocenters. The number of rotatable bonds is 5. The first-order valence-corrected chi connectivity index (χ1v) is 11.3. The Bertz CT molecular complexity index is 980. The van der Waals surface area contributed by atoms with Crippen LogP contribution in [0.4, 0.5) is 0 Å². The number of nitrogens with one attached hydrogen (secondary N) is 1. The summed E-state index contributed by atoms with van der Waals surface area (Å²) in [7, 11) is 1.29. The lowest BCUT2D eigenvalue weighted by atomic mass is 9.69. The first-order chi connectivity index (χ1) is 14.7. The molecular formula is C24H28BrNO5. The molecule has 0 saturated heterocycles. The Morgan fingerprint density at radius 3 is 2.65 bits per heavy atom. The second-order valence-corrected chi connectivity index (χ2v) is 9.13. The van der Waals surface area contributed by atoms with Gasteiger partial charge in [-0.25, -0.2) is 4.79 Å². The van der Waals surface area contributed by atoms with Gasteiger partial charge in [-0.2, -0.15) is 0 Å². The van der Waals surface area contributed by atoms with Crippen molar-refractivity contribution in [3.63, 3.8) is 0 Å². The number of ketones is 1.